The fourth-order valence-electron chi connectivity index (χ4n) is 2.43. The van der Waals surface area contributed by atoms with Crippen LogP contribution >= 0.6 is 0 Å². The third-order valence-electron chi connectivity index (χ3n) is 3.79. The first-order valence-corrected chi connectivity index (χ1v) is 8.02. The maximum Gasteiger partial charge on any atom is 0.255 e. The predicted octanol–water partition coefficient (Wildman–Crippen LogP) is 2.80. The van der Waals surface area contributed by atoms with Gasteiger partial charge in [-0.15, -0.1) is 0 Å². The highest BCUT2D eigenvalue weighted by molar-refractivity contribution is 5.99. The van der Waals surface area contributed by atoms with Crippen molar-refractivity contribution in [3.05, 3.63) is 47.9 Å². The zero-order chi connectivity index (χ0) is 17.5. The van der Waals surface area contributed by atoms with E-state index in [4.69, 9.17) is 4.42 Å². The Morgan fingerprint density at radius 1 is 1.08 bits per heavy atom. The van der Waals surface area contributed by atoms with E-state index in [2.05, 4.69) is 29.4 Å². The number of hydrogen-bond donors (Lipinski definition) is 2. The Morgan fingerprint density at radius 2 is 1.75 bits per heavy atom. The Kier molecular flexibility index (Phi) is 6.01. The number of anilines is 2. The van der Waals surface area contributed by atoms with Crippen LogP contribution in [0.2, 0.25) is 0 Å². The highest BCUT2D eigenvalue weighted by Gasteiger charge is 2.12. The minimum absolute atomic E-state index is 0.0960. The number of nitrogens with zero attached hydrogens (tertiary/aromatic N) is 1. The van der Waals surface area contributed by atoms with Crippen molar-refractivity contribution in [2.24, 2.45) is 0 Å². The van der Waals surface area contributed by atoms with Crippen LogP contribution in [0.1, 0.15) is 30.0 Å². The average molecular weight is 329 g/mol. The quantitative estimate of drug-likeness (QED) is 0.819. The van der Waals surface area contributed by atoms with Gasteiger partial charge in [-0.2, -0.15) is 0 Å². The van der Waals surface area contributed by atoms with Crippen LogP contribution in [-0.2, 0) is 4.79 Å². The van der Waals surface area contributed by atoms with E-state index >= 15 is 0 Å². The van der Waals surface area contributed by atoms with Crippen molar-refractivity contribution in [2.75, 3.05) is 29.9 Å². The Balaban J connectivity index is 1.86. The SMILES string of the molecule is CCN(CC)c1ccc(NC(=O)CNC(=O)c2ccoc2C)cc1. The Bertz CT molecular complexity index is 688. The molecule has 0 saturated carbocycles. The third kappa shape index (κ3) is 4.38. The van der Waals surface area contributed by atoms with E-state index in [1.54, 1.807) is 13.0 Å². The van der Waals surface area contributed by atoms with E-state index in [-0.39, 0.29) is 18.4 Å². The second kappa shape index (κ2) is 8.19. The molecule has 2 amide bonds. The maximum atomic E-state index is 11.9. The van der Waals surface area contributed by atoms with Crippen LogP contribution in [0.3, 0.4) is 0 Å². The molecule has 1 aromatic heterocycles. The first-order valence-electron chi connectivity index (χ1n) is 8.02. The van der Waals surface area contributed by atoms with Gasteiger partial charge in [0.1, 0.15) is 5.76 Å². The van der Waals surface area contributed by atoms with Crippen molar-refractivity contribution in [3.63, 3.8) is 0 Å². The highest BCUT2D eigenvalue weighted by atomic mass is 16.3. The van der Waals surface area contributed by atoms with Crippen LogP contribution in [0.4, 0.5) is 11.4 Å². The summed E-state index contributed by atoms with van der Waals surface area (Å²) in [5.41, 5.74) is 2.25. The van der Waals surface area contributed by atoms with Crippen molar-refractivity contribution in [1.82, 2.24) is 5.32 Å². The van der Waals surface area contributed by atoms with Crippen LogP contribution in [0.15, 0.2) is 41.0 Å². The average Bonchev–Trinajstić information content (AvgIpc) is 3.01. The summed E-state index contributed by atoms with van der Waals surface area (Å²) in [6.45, 7) is 7.67. The molecule has 2 aromatic rings. The number of benzene rings is 1. The molecule has 0 atom stereocenters. The Labute approximate surface area is 141 Å². The molecule has 0 spiro atoms. The van der Waals surface area contributed by atoms with E-state index in [1.165, 1.54) is 6.26 Å². The summed E-state index contributed by atoms with van der Waals surface area (Å²) in [4.78, 5) is 26.1. The minimum Gasteiger partial charge on any atom is -0.469 e. The van der Waals surface area contributed by atoms with E-state index in [0.717, 1.165) is 18.8 Å². The van der Waals surface area contributed by atoms with Gasteiger partial charge in [-0.05, 0) is 51.1 Å². The van der Waals surface area contributed by atoms with Crippen molar-refractivity contribution in [1.29, 1.82) is 0 Å². The summed E-state index contributed by atoms with van der Waals surface area (Å²) < 4.78 is 5.07. The lowest BCUT2D eigenvalue weighted by Gasteiger charge is -2.21. The van der Waals surface area contributed by atoms with Crippen molar-refractivity contribution >= 4 is 23.2 Å². The summed E-state index contributed by atoms with van der Waals surface area (Å²) in [7, 11) is 0. The first kappa shape index (κ1) is 17.6. The third-order valence-corrected chi connectivity index (χ3v) is 3.79. The first-order chi connectivity index (χ1) is 11.5. The van der Waals surface area contributed by atoms with E-state index in [1.807, 2.05) is 24.3 Å². The lowest BCUT2D eigenvalue weighted by Crippen LogP contribution is -2.33. The molecule has 0 unspecified atom stereocenters. The number of hydrogen-bond acceptors (Lipinski definition) is 4. The van der Waals surface area contributed by atoms with Crippen LogP contribution in [0.25, 0.3) is 0 Å². The van der Waals surface area contributed by atoms with Crippen molar-refractivity contribution < 1.29 is 14.0 Å². The minimum atomic E-state index is -0.326. The number of furan rings is 1. The fourth-order valence-corrected chi connectivity index (χ4v) is 2.43. The molecule has 2 rings (SSSR count). The van der Waals surface area contributed by atoms with E-state index in [9.17, 15) is 9.59 Å². The van der Waals surface area contributed by atoms with Gasteiger partial charge >= 0.3 is 0 Å². The smallest absolute Gasteiger partial charge is 0.255 e. The van der Waals surface area contributed by atoms with Crippen LogP contribution < -0.4 is 15.5 Å². The summed E-state index contributed by atoms with van der Waals surface area (Å²) in [6.07, 6.45) is 1.45. The summed E-state index contributed by atoms with van der Waals surface area (Å²) in [5, 5.41) is 5.34. The van der Waals surface area contributed by atoms with Gasteiger partial charge in [0, 0.05) is 24.5 Å². The molecule has 0 saturated heterocycles. The number of carbonyl (C=O) groups excluding carboxylic acids is 2. The summed E-state index contributed by atoms with van der Waals surface area (Å²) in [6, 6.07) is 9.22. The predicted molar refractivity (Wildman–Crippen MR) is 94.4 cm³/mol. The monoisotopic (exact) mass is 329 g/mol. The molecule has 0 aliphatic carbocycles. The van der Waals surface area contributed by atoms with Gasteiger partial charge in [0.2, 0.25) is 5.91 Å². The molecule has 0 radical (unpaired) electrons. The van der Waals surface area contributed by atoms with Crippen LogP contribution in [0.5, 0.6) is 0 Å². The van der Waals surface area contributed by atoms with Crippen molar-refractivity contribution in [2.45, 2.75) is 20.8 Å². The summed E-state index contributed by atoms with van der Waals surface area (Å²) in [5.74, 6) is -0.0757. The van der Waals surface area contributed by atoms with Gasteiger partial charge < -0.3 is 20.0 Å². The molecular formula is C18H23N3O3. The Hall–Kier alpha value is -2.76. The fraction of sp³-hybridized carbons (Fsp3) is 0.333. The number of rotatable bonds is 7. The zero-order valence-corrected chi connectivity index (χ0v) is 14.3. The van der Waals surface area contributed by atoms with Gasteiger partial charge in [-0.3, -0.25) is 9.59 Å². The number of amides is 2. The van der Waals surface area contributed by atoms with Gasteiger partial charge in [-0.1, -0.05) is 0 Å². The topological polar surface area (TPSA) is 74.6 Å². The number of nitrogens with one attached hydrogen (secondary N) is 2. The van der Waals surface area contributed by atoms with E-state index < -0.39 is 0 Å². The Morgan fingerprint density at radius 3 is 2.29 bits per heavy atom. The molecule has 0 fully saturated rings. The molecule has 6 heteroatoms. The largest absolute Gasteiger partial charge is 0.469 e. The number of aryl methyl sites for hydroxylation is 1. The normalized spacial score (nSPS) is 10.3. The maximum absolute atomic E-state index is 11.9. The van der Waals surface area contributed by atoms with Gasteiger partial charge in [0.25, 0.3) is 5.91 Å². The highest BCUT2D eigenvalue weighted by Crippen LogP contribution is 2.17. The standard InChI is InChI=1S/C18H23N3O3/c1-4-21(5-2)15-8-6-14(7-9-15)20-17(22)12-19-18(23)16-10-11-24-13(16)3/h6-11H,4-5,12H2,1-3H3,(H,19,23)(H,20,22). The second-order valence-corrected chi connectivity index (χ2v) is 5.34. The molecule has 0 aliphatic rings. The molecule has 2 N–H and O–H groups in total. The second-order valence-electron chi connectivity index (χ2n) is 5.34. The van der Waals surface area contributed by atoms with Gasteiger partial charge in [0.15, 0.2) is 0 Å². The summed E-state index contributed by atoms with van der Waals surface area (Å²) >= 11 is 0. The molecule has 0 aliphatic heterocycles. The lowest BCUT2D eigenvalue weighted by molar-refractivity contribution is -0.115. The van der Waals surface area contributed by atoms with Gasteiger partial charge in [0.05, 0.1) is 18.4 Å². The molecule has 1 heterocycles. The molecule has 24 heavy (non-hydrogen) atoms. The molecular weight excluding hydrogens is 306 g/mol. The van der Waals surface area contributed by atoms with Crippen LogP contribution in [0, 0.1) is 6.92 Å². The number of carbonyl (C=O) groups is 2. The van der Waals surface area contributed by atoms with Gasteiger partial charge in [-0.25, -0.2) is 0 Å². The molecule has 128 valence electrons. The molecule has 1 aromatic carbocycles. The zero-order valence-electron chi connectivity index (χ0n) is 14.3. The lowest BCUT2D eigenvalue weighted by atomic mass is 10.2. The van der Waals surface area contributed by atoms with Crippen LogP contribution in [-0.4, -0.2) is 31.4 Å². The molecule has 0 bridgehead atoms. The van der Waals surface area contributed by atoms with E-state index in [0.29, 0.717) is 17.0 Å². The van der Waals surface area contributed by atoms with Crippen molar-refractivity contribution in [3.8, 4) is 0 Å². The molecule has 6 nitrogen and oxygen atoms in total.